The van der Waals surface area contributed by atoms with Gasteiger partial charge in [0, 0.05) is 11.6 Å². The summed E-state index contributed by atoms with van der Waals surface area (Å²) in [5.74, 6) is -0.0547. The van der Waals surface area contributed by atoms with Gasteiger partial charge in [0.2, 0.25) is 0 Å². The number of halogens is 1. The molecule has 1 rings (SSSR count). The monoisotopic (exact) mass is 273 g/mol. The standard InChI is InChI=1S/C12H16ClNO4/c1-12(17,7-15)6-14-11(16)9-4-3-8(13)5-10(9)18-2/h3-5,15,17H,6-7H2,1-2H3,(H,14,16). The van der Waals surface area contributed by atoms with Crippen LogP contribution < -0.4 is 10.1 Å². The Labute approximate surface area is 110 Å². The molecule has 1 amide bonds. The quantitative estimate of drug-likeness (QED) is 0.742. The molecule has 100 valence electrons. The van der Waals surface area contributed by atoms with Crippen LogP contribution in [0.1, 0.15) is 17.3 Å². The Balaban J connectivity index is 2.79. The van der Waals surface area contributed by atoms with Gasteiger partial charge in [-0.2, -0.15) is 0 Å². The lowest BCUT2D eigenvalue weighted by Crippen LogP contribution is -2.43. The first-order chi connectivity index (χ1) is 8.39. The van der Waals surface area contributed by atoms with Crippen LogP contribution in [0.15, 0.2) is 18.2 Å². The van der Waals surface area contributed by atoms with Crippen LogP contribution in [0.3, 0.4) is 0 Å². The molecule has 1 atom stereocenters. The van der Waals surface area contributed by atoms with Gasteiger partial charge in [-0.25, -0.2) is 0 Å². The molecule has 6 heteroatoms. The zero-order valence-electron chi connectivity index (χ0n) is 10.2. The van der Waals surface area contributed by atoms with E-state index in [1.54, 1.807) is 6.07 Å². The van der Waals surface area contributed by atoms with E-state index in [4.69, 9.17) is 21.4 Å². The van der Waals surface area contributed by atoms with E-state index < -0.39 is 18.1 Å². The number of rotatable bonds is 5. The maximum atomic E-state index is 11.9. The summed E-state index contributed by atoms with van der Waals surface area (Å²) >= 11 is 5.79. The molecule has 0 heterocycles. The van der Waals surface area contributed by atoms with Gasteiger partial charge in [-0.15, -0.1) is 0 Å². The highest BCUT2D eigenvalue weighted by Gasteiger charge is 2.21. The highest BCUT2D eigenvalue weighted by atomic mass is 35.5. The molecule has 1 aromatic carbocycles. The molecule has 5 nitrogen and oxygen atoms in total. The van der Waals surface area contributed by atoms with Gasteiger partial charge in [0.25, 0.3) is 5.91 Å². The zero-order valence-corrected chi connectivity index (χ0v) is 11.0. The lowest BCUT2D eigenvalue weighted by molar-refractivity contribution is 0.00318. The summed E-state index contributed by atoms with van der Waals surface area (Å²) in [6.45, 7) is 0.922. The Morgan fingerprint density at radius 3 is 2.78 bits per heavy atom. The van der Waals surface area contributed by atoms with Crippen molar-refractivity contribution in [3.63, 3.8) is 0 Å². The topological polar surface area (TPSA) is 78.8 Å². The fraction of sp³-hybridized carbons (Fsp3) is 0.417. The Morgan fingerprint density at radius 1 is 1.56 bits per heavy atom. The minimum Gasteiger partial charge on any atom is -0.496 e. The number of hydrogen-bond acceptors (Lipinski definition) is 4. The molecule has 0 aliphatic carbocycles. The molecule has 0 aliphatic heterocycles. The number of benzene rings is 1. The first kappa shape index (κ1) is 14.8. The van der Waals surface area contributed by atoms with E-state index in [1.165, 1.54) is 26.2 Å². The summed E-state index contributed by atoms with van der Waals surface area (Å²) in [7, 11) is 1.44. The average Bonchev–Trinajstić information content (AvgIpc) is 2.36. The van der Waals surface area contributed by atoms with Crippen molar-refractivity contribution in [3.8, 4) is 5.75 Å². The smallest absolute Gasteiger partial charge is 0.255 e. The highest BCUT2D eigenvalue weighted by molar-refractivity contribution is 6.30. The summed E-state index contributed by atoms with van der Waals surface area (Å²) in [4.78, 5) is 11.9. The van der Waals surface area contributed by atoms with Crippen LogP contribution in [0.25, 0.3) is 0 Å². The van der Waals surface area contributed by atoms with E-state index in [0.29, 0.717) is 16.3 Å². The van der Waals surface area contributed by atoms with Gasteiger partial charge in [-0.05, 0) is 25.1 Å². The molecule has 0 aliphatic rings. The fourth-order valence-electron chi connectivity index (χ4n) is 1.27. The third-order valence-corrected chi connectivity index (χ3v) is 2.61. The van der Waals surface area contributed by atoms with Crippen molar-refractivity contribution in [1.82, 2.24) is 5.32 Å². The van der Waals surface area contributed by atoms with Crippen LogP contribution in [0.2, 0.25) is 5.02 Å². The maximum absolute atomic E-state index is 11.9. The lowest BCUT2D eigenvalue weighted by atomic mass is 10.1. The SMILES string of the molecule is COc1cc(Cl)ccc1C(=O)NCC(C)(O)CO. The third kappa shape index (κ3) is 3.87. The number of methoxy groups -OCH3 is 1. The highest BCUT2D eigenvalue weighted by Crippen LogP contribution is 2.23. The lowest BCUT2D eigenvalue weighted by Gasteiger charge is -2.20. The fourth-order valence-corrected chi connectivity index (χ4v) is 1.44. The molecular formula is C12H16ClNO4. The van der Waals surface area contributed by atoms with Crippen molar-refractivity contribution in [3.05, 3.63) is 28.8 Å². The van der Waals surface area contributed by atoms with Gasteiger partial charge in [-0.1, -0.05) is 11.6 Å². The van der Waals surface area contributed by atoms with Crippen LogP contribution in [0.4, 0.5) is 0 Å². The van der Waals surface area contributed by atoms with Gasteiger partial charge in [0.05, 0.1) is 19.3 Å². The number of amides is 1. The first-order valence-corrected chi connectivity index (χ1v) is 5.72. The minimum absolute atomic E-state index is 0.0614. The maximum Gasteiger partial charge on any atom is 0.255 e. The molecule has 0 spiro atoms. The second-order valence-corrected chi connectivity index (χ2v) is 4.62. The molecule has 0 aromatic heterocycles. The Hall–Kier alpha value is -1.30. The number of hydrogen-bond donors (Lipinski definition) is 3. The summed E-state index contributed by atoms with van der Waals surface area (Å²) in [5, 5.41) is 21.4. The van der Waals surface area contributed by atoms with Crippen LogP contribution in [-0.4, -0.2) is 42.0 Å². The van der Waals surface area contributed by atoms with Gasteiger partial charge in [0.15, 0.2) is 0 Å². The summed E-state index contributed by atoms with van der Waals surface area (Å²) in [6, 6.07) is 4.63. The minimum atomic E-state index is -1.35. The van der Waals surface area contributed by atoms with Gasteiger partial charge >= 0.3 is 0 Å². The molecule has 0 fully saturated rings. The number of aliphatic hydroxyl groups is 2. The van der Waals surface area contributed by atoms with Gasteiger partial charge in [0.1, 0.15) is 11.4 Å². The van der Waals surface area contributed by atoms with Crippen molar-refractivity contribution >= 4 is 17.5 Å². The Morgan fingerprint density at radius 2 is 2.22 bits per heavy atom. The number of ether oxygens (including phenoxy) is 1. The molecule has 1 aromatic rings. The first-order valence-electron chi connectivity index (χ1n) is 5.34. The van der Waals surface area contributed by atoms with Crippen molar-refractivity contribution in [2.45, 2.75) is 12.5 Å². The van der Waals surface area contributed by atoms with E-state index in [2.05, 4.69) is 5.32 Å². The van der Waals surface area contributed by atoms with E-state index in [0.717, 1.165) is 0 Å². The van der Waals surface area contributed by atoms with Gasteiger partial charge in [-0.3, -0.25) is 4.79 Å². The predicted octanol–water partition coefficient (Wildman–Crippen LogP) is 0.822. The largest absolute Gasteiger partial charge is 0.496 e. The Kier molecular flexibility index (Phi) is 4.95. The number of carbonyl (C=O) groups excluding carboxylic acids is 1. The van der Waals surface area contributed by atoms with Crippen molar-refractivity contribution in [2.24, 2.45) is 0 Å². The van der Waals surface area contributed by atoms with Crippen molar-refractivity contribution in [2.75, 3.05) is 20.3 Å². The van der Waals surface area contributed by atoms with Crippen LogP contribution >= 0.6 is 11.6 Å². The third-order valence-electron chi connectivity index (χ3n) is 2.38. The molecule has 0 bridgehead atoms. The molecular weight excluding hydrogens is 258 g/mol. The summed E-state index contributed by atoms with van der Waals surface area (Å²) in [6.07, 6.45) is 0. The van der Waals surface area contributed by atoms with Crippen LogP contribution in [0.5, 0.6) is 5.75 Å². The van der Waals surface area contributed by atoms with E-state index in [-0.39, 0.29) is 6.54 Å². The molecule has 0 radical (unpaired) electrons. The number of nitrogens with one attached hydrogen (secondary N) is 1. The second-order valence-electron chi connectivity index (χ2n) is 4.18. The van der Waals surface area contributed by atoms with E-state index in [1.807, 2.05) is 0 Å². The molecule has 0 saturated heterocycles. The molecule has 0 saturated carbocycles. The Bertz CT molecular complexity index is 434. The van der Waals surface area contributed by atoms with E-state index >= 15 is 0 Å². The second kappa shape index (κ2) is 6.04. The zero-order chi connectivity index (χ0) is 13.8. The average molecular weight is 274 g/mol. The molecule has 3 N–H and O–H groups in total. The van der Waals surface area contributed by atoms with Crippen molar-refractivity contribution < 1.29 is 19.7 Å². The number of aliphatic hydroxyl groups excluding tert-OH is 1. The van der Waals surface area contributed by atoms with Crippen molar-refractivity contribution in [1.29, 1.82) is 0 Å². The summed E-state index contributed by atoms with van der Waals surface area (Å²) < 4.78 is 5.05. The molecule has 1 unspecified atom stereocenters. The van der Waals surface area contributed by atoms with E-state index in [9.17, 15) is 9.90 Å². The van der Waals surface area contributed by atoms with Crippen LogP contribution in [0, 0.1) is 0 Å². The summed E-state index contributed by atoms with van der Waals surface area (Å²) in [5.41, 5.74) is -1.04. The van der Waals surface area contributed by atoms with Crippen LogP contribution in [-0.2, 0) is 0 Å². The predicted molar refractivity (Wildman–Crippen MR) is 68.0 cm³/mol. The normalized spacial score (nSPS) is 13.8. The molecule has 18 heavy (non-hydrogen) atoms. The van der Waals surface area contributed by atoms with Gasteiger partial charge < -0.3 is 20.3 Å². The number of carbonyl (C=O) groups is 1.